The van der Waals surface area contributed by atoms with Crippen LogP contribution in [-0.4, -0.2) is 136 Å². The number of pyridine rings is 2. The minimum atomic E-state index is -0.637. The summed E-state index contributed by atoms with van der Waals surface area (Å²) in [5.74, 6) is -0.988. The van der Waals surface area contributed by atoms with Crippen molar-refractivity contribution in [1.82, 2.24) is 29.6 Å². The van der Waals surface area contributed by atoms with Crippen LogP contribution in [0.3, 0.4) is 0 Å². The Bertz CT molecular complexity index is 2220. The van der Waals surface area contributed by atoms with E-state index in [1.54, 1.807) is 12.1 Å². The van der Waals surface area contributed by atoms with Crippen molar-refractivity contribution in [3.05, 3.63) is 70.0 Å². The summed E-state index contributed by atoms with van der Waals surface area (Å²) >= 11 is 0. The van der Waals surface area contributed by atoms with Crippen LogP contribution in [0.25, 0.3) is 33.5 Å². The number of carbonyl (C=O) groups is 3. The van der Waals surface area contributed by atoms with Crippen molar-refractivity contribution in [3.8, 4) is 11.4 Å². The lowest BCUT2D eigenvalue weighted by Crippen LogP contribution is -2.49. The highest BCUT2D eigenvalue weighted by Gasteiger charge is 2.26. The highest BCUT2D eigenvalue weighted by atomic mass is 16.6. The molecule has 0 radical (unpaired) electrons. The molecule has 0 aliphatic carbocycles. The van der Waals surface area contributed by atoms with Crippen LogP contribution in [0.2, 0.25) is 0 Å². The highest BCUT2D eigenvalue weighted by Crippen LogP contribution is 2.27. The summed E-state index contributed by atoms with van der Waals surface area (Å²) in [5.41, 5.74) is 1.63. The van der Waals surface area contributed by atoms with Crippen LogP contribution in [0.5, 0.6) is 0 Å². The summed E-state index contributed by atoms with van der Waals surface area (Å²) in [5, 5.41) is 0.931. The lowest BCUT2D eigenvalue weighted by molar-refractivity contribution is -0.158. The van der Waals surface area contributed by atoms with Gasteiger partial charge in [-0.15, -0.1) is 0 Å². The van der Waals surface area contributed by atoms with Gasteiger partial charge in [-0.1, -0.05) is 32.9 Å². The van der Waals surface area contributed by atoms with E-state index in [9.17, 15) is 19.2 Å². The van der Waals surface area contributed by atoms with Gasteiger partial charge < -0.3 is 18.6 Å². The van der Waals surface area contributed by atoms with Crippen molar-refractivity contribution in [2.24, 2.45) is 0 Å². The Morgan fingerprint density at radius 2 is 1.02 bits per heavy atom. The first-order chi connectivity index (χ1) is 28.8. The van der Waals surface area contributed by atoms with E-state index in [0.717, 1.165) is 11.3 Å². The number of rotatable bonds is 9. The van der Waals surface area contributed by atoms with Crippen molar-refractivity contribution in [2.75, 3.05) is 72.0 Å². The van der Waals surface area contributed by atoms with E-state index < -0.39 is 16.8 Å². The number of ether oxygens (including phenoxy) is 3. The van der Waals surface area contributed by atoms with Crippen LogP contribution in [0.1, 0.15) is 94.3 Å². The molecule has 1 aliphatic heterocycles. The molecule has 1 saturated heterocycles. The van der Waals surface area contributed by atoms with Gasteiger partial charge in [-0.2, -0.15) is 0 Å². The molecule has 14 nitrogen and oxygen atoms in total. The summed E-state index contributed by atoms with van der Waals surface area (Å²) in [6.07, 6.45) is 0. The molecule has 0 atom stereocenters. The van der Waals surface area contributed by atoms with Crippen LogP contribution >= 0.6 is 0 Å². The fourth-order valence-corrected chi connectivity index (χ4v) is 7.17. The third-order valence-corrected chi connectivity index (χ3v) is 10.1. The fraction of sp³-hybridized carbons (Fsp3) is 0.583. The number of carbonyl (C=O) groups excluding carboxylic acids is 3. The second-order valence-corrected chi connectivity index (χ2v) is 20.3. The number of fused-ring (bicyclic) bond motifs is 2. The van der Waals surface area contributed by atoms with Crippen LogP contribution < -0.4 is 5.43 Å². The van der Waals surface area contributed by atoms with E-state index >= 15 is 0 Å². The third-order valence-electron chi connectivity index (χ3n) is 10.1. The SMILES string of the molecule is CC(C)(C)OC(=O)CN1CCN(CC(=O)OC(C)(C)C)CCN(Cc2cccc(-c3ccc4c(=O)c5cc(C(C)(C)C)ccc5oc4n3)n2)CCN(CC(=O)OC(C)(C)C)CC1. The molecule has 0 amide bonds. The highest BCUT2D eigenvalue weighted by molar-refractivity contribution is 5.89. The smallest absolute Gasteiger partial charge is 0.320 e. The molecule has 0 unspecified atom stereocenters. The molecule has 338 valence electrons. The van der Waals surface area contributed by atoms with Crippen LogP contribution in [0.15, 0.2) is 57.7 Å². The van der Waals surface area contributed by atoms with E-state index in [1.165, 1.54) is 0 Å². The Kier molecular flexibility index (Phi) is 15.4. The quantitative estimate of drug-likeness (QED) is 0.103. The van der Waals surface area contributed by atoms with E-state index in [-0.39, 0.29) is 54.1 Å². The minimum Gasteiger partial charge on any atom is -0.459 e. The molecule has 5 rings (SSSR count). The lowest BCUT2D eigenvalue weighted by Gasteiger charge is -2.34. The zero-order chi connectivity index (χ0) is 45.6. The summed E-state index contributed by atoms with van der Waals surface area (Å²) < 4.78 is 23.3. The molecule has 1 aromatic carbocycles. The molecule has 0 spiro atoms. The first-order valence-corrected chi connectivity index (χ1v) is 21.7. The maximum atomic E-state index is 13.6. The number of benzene rings is 1. The summed E-state index contributed by atoms with van der Waals surface area (Å²) in [6, 6.07) is 15.1. The molecule has 0 saturated carbocycles. The topological polar surface area (TPSA) is 148 Å². The van der Waals surface area contributed by atoms with Crippen LogP contribution in [-0.2, 0) is 40.6 Å². The van der Waals surface area contributed by atoms with Crippen molar-refractivity contribution in [1.29, 1.82) is 0 Å². The molecule has 4 heterocycles. The van der Waals surface area contributed by atoms with E-state index in [0.29, 0.717) is 86.6 Å². The van der Waals surface area contributed by atoms with Crippen LogP contribution in [0, 0.1) is 0 Å². The second kappa shape index (κ2) is 19.7. The predicted molar refractivity (Wildman–Crippen MR) is 242 cm³/mol. The normalized spacial score (nSPS) is 16.5. The standard InChI is InChI=1S/C48H68N6O8/c1-45(2,3)33-16-19-39-36(28-33)43(58)35-17-18-38(50-44(35)59-39)37-15-13-14-34(49-37)29-51-20-22-52(30-40(55)60-46(4,5)6)24-26-54(32-42(57)62-48(10,11)12)27-25-53(23-21-51)31-41(56)61-47(7,8)9/h13-19,28H,20-27,29-32H2,1-12H3. The van der Waals surface area contributed by atoms with E-state index in [1.807, 2.05) is 104 Å². The summed E-state index contributed by atoms with van der Waals surface area (Å²) in [6.45, 7) is 27.8. The van der Waals surface area contributed by atoms with Crippen molar-refractivity contribution < 1.29 is 33.0 Å². The molecule has 0 bridgehead atoms. The van der Waals surface area contributed by atoms with E-state index in [4.69, 9.17) is 28.6 Å². The average Bonchev–Trinajstić information content (AvgIpc) is 3.13. The van der Waals surface area contributed by atoms with Gasteiger partial charge >= 0.3 is 17.9 Å². The molecule has 4 aromatic rings. The Balaban J connectivity index is 1.41. The Morgan fingerprint density at radius 1 is 0.565 bits per heavy atom. The van der Waals surface area contributed by atoms with Gasteiger partial charge in [-0.25, -0.2) is 9.97 Å². The van der Waals surface area contributed by atoms with Gasteiger partial charge in [0, 0.05) is 58.9 Å². The van der Waals surface area contributed by atoms with Gasteiger partial charge in [0.25, 0.3) is 0 Å². The molecule has 1 aliphatic rings. The average molecular weight is 857 g/mol. The van der Waals surface area contributed by atoms with Crippen molar-refractivity contribution in [3.63, 3.8) is 0 Å². The predicted octanol–water partition coefficient (Wildman–Crippen LogP) is 6.45. The molecule has 14 heteroatoms. The van der Waals surface area contributed by atoms with Crippen molar-refractivity contribution >= 4 is 40.0 Å². The Hall–Kier alpha value is -4.76. The van der Waals surface area contributed by atoms with E-state index in [2.05, 4.69) is 35.5 Å². The zero-order valence-electron chi connectivity index (χ0n) is 39.1. The van der Waals surface area contributed by atoms with Gasteiger partial charge in [0.05, 0.1) is 47.5 Å². The lowest BCUT2D eigenvalue weighted by atomic mass is 9.86. The number of nitrogens with zero attached hydrogens (tertiary/aromatic N) is 6. The minimum absolute atomic E-state index is 0.0685. The molecule has 62 heavy (non-hydrogen) atoms. The molecule has 3 aromatic heterocycles. The number of esters is 3. The number of aromatic nitrogens is 2. The maximum absolute atomic E-state index is 13.6. The van der Waals surface area contributed by atoms with Crippen molar-refractivity contribution in [2.45, 2.75) is 112 Å². The summed E-state index contributed by atoms with van der Waals surface area (Å²) in [4.78, 5) is 71.2. The van der Waals surface area contributed by atoms with Gasteiger partial charge in [0.1, 0.15) is 22.4 Å². The molecular weight excluding hydrogens is 789 g/mol. The molecule has 1 fully saturated rings. The van der Waals surface area contributed by atoms with Crippen LogP contribution in [0.4, 0.5) is 0 Å². The Morgan fingerprint density at radius 3 is 1.47 bits per heavy atom. The third kappa shape index (κ3) is 15.0. The van der Waals surface area contributed by atoms with Gasteiger partial charge in [-0.05, 0) is 110 Å². The first kappa shape index (κ1) is 48.3. The summed E-state index contributed by atoms with van der Waals surface area (Å²) in [7, 11) is 0. The molecule has 0 N–H and O–H groups in total. The van der Waals surface area contributed by atoms with Gasteiger partial charge in [0.15, 0.2) is 0 Å². The zero-order valence-corrected chi connectivity index (χ0v) is 39.1. The molecular formula is C48H68N6O8. The number of hydrogen-bond acceptors (Lipinski definition) is 14. The fourth-order valence-electron chi connectivity index (χ4n) is 7.17. The largest absolute Gasteiger partial charge is 0.459 e. The number of hydrogen-bond donors (Lipinski definition) is 0. The monoisotopic (exact) mass is 857 g/mol. The second-order valence-electron chi connectivity index (χ2n) is 20.3. The van der Waals surface area contributed by atoms with Gasteiger partial charge in [-0.3, -0.25) is 38.8 Å². The Labute approximate surface area is 366 Å². The first-order valence-electron chi connectivity index (χ1n) is 21.7. The maximum Gasteiger partial charge on any atom is 0.320 e. The van der Waals surface area contributed by atoms with Gasteiger partial charge in [0.2, 0.25) is 11.1 Å².